The van der Waals surface area contributed by atoms with Gasteiger partial charge in [-0.15, -0.1) is 0 Å². The van der Waals surface area contributed by atoms with Crippen molar-refractivity contribution in [2.45, 2.75) is 0 Å². The summed E-state index contributed by atoms with van der Waals surface area (Å²) in [4.78, 5) is 15.5. The molecule has 0 aliphatic heterocycles. The van der Waals surface area contributed by atoms with Crippen LogP contribution in [0.15, 0.2) is 212 Å². The highest BCUT2D eigenvalue weighted by atomic mass is 15.0. The van der Waals surface area contributed by atoms with Crippen LogP contribution in [0.4, 0.5) is 0 Å². The number of hydrogen-bond donors (Lipinski definition) is 0. The van der Waals surface area contributed by atoms with Gasteiger partial charge in [0.2, 0.25) is 0 Å². The van der Waals surface area contributed by atoms with E-state index in [0.717, 1.165) is 44.5 Å². The Labute approximate surface area is 326 Å². The fourth-order valence-electron chi connectivity index (χ4n) is 7.61. The average Bonchev–Trinajstić information content (AvgIpc) is 3.29. The zero-order chi connectivity index (χ0) is 37.3. The van der Waals surface area contributed by atoms with E-state index in [9.17, 15) is 0 Å². The lowest BCUT2D eigenvalue weighted by atomic mass is 9.96. The summed E-state index contributed by atoms with van der Waals surface area (Å²) in [6.45, 7) is 0. The van der Waals surface area contributed by atoms with Crippen molar-refractivity contribution in [3.05, 3.63) is 212 Å². The van der Waals surface area contributed by atoms with E-state index in [1.165, 1.54) is 38.2 Å². The maximum absolute atomic E-state index is 5.18. The molecule has 9 aromatic carbocycles. The molecule has 1 heterocycles. The van der Waals surface area contributed by atoms with Gasteiger partial charge in [0.05, 0.1) is 0 Å². The highest BCUT2D eigenvalue weighted by molar-refractivity contribution is 5.97. The maximum atomic E-state index is 5.18. The van der Waals surface area contributed by atoms with Crippen LogP contribution in [-0.2, 0) is 0 Å². The standard InChI is InChI=1S/C53H35N3/c1-3-13-36(14-4-1)39-19-9-22-46(33-39)51-54-52(56-53(55-51)48-24-11-21-45(35-48)50-26-12-18-38-17-7-8-25-49(38)50)47-23-10-20-40(34-47)42-29-30-43-31-41(27-28-44(43)32-42)37-15-5-2-6-16-37/h1-35H. The van der Waals surface area contributed by atoms with E-state index in [2.05, 4.69) is 206 Å². The van der Waals surface area contributed by atoms with Crippen LogP contribution in [0.2, 0.25) is 0 Å². The number of benzene rings is 9. The summed E-state index contributed by atoms with van der Waals surface area (Å²) in [6, 6.07) is 74.8. The minimum Gasteiger partial charge on any atom is -0.208 e. The molecular weight excluding hydrogens is 679 g/mol. The van der Waals surface area contributed by atoms with Gasteiger partial charge in [-0.25, -0.2) is 15.0 Å². The van der Waals surface area contributed by atoms with Crippen molar-refractivity contribution in [1.82, 2.24) is 15.0 Å². The monoisotopic (exact) mass is 713 g/mol. The molecule has 56 heavy (non-hydrogen) atoms. The van der Waals surface area contributed by atoms with Gasteiger partial charge in [0.1, 0.15) is 0 Å². The van der Waals surface area contributed by atoms with Crippen LogP contribution in [0.3, 0.4) is 0 Å². The molecule has 262 valence electrons. The molecule has 0 radical (unpaired) electrons. The zero-order valence-corrected chi connectivity index (χ0v) is 30.5. The molecule has 0 aliphatic rings. The summed E-state index contributed by atoms with van der Waals surface area (Å²) in [5, 5.41) is 4.83. The van der Waals surface area contributed by atoms with Gasteiger partial charge in [0, 0.05) is 16.7 Å². The van der Waals surface area contributed by atoms with Gasteiger partial charge < -0.3 is 0 Å². The second-order valence-corrected chi connectivity index (χ2v) is 14.1. The fraction of sp³-hybridized carbons (Fsp3) is 0. The predicted octanol–water partition coefficient (Wildman–Crippen LogP) is 13.8. The molecule has 10 aromatic rings. The summed E-state index contributed by atoms with van der Waals surface area (Å²) < 4.78 is 0. The maximum Gasteiger partial charge on any atom is 0.164 e. The van der Waals surface area contributed by atoms with E-state index in [1.54, 1.807) is 0 Å². The van der Waals surface area contributed by atoms with Gasteiger partial charge in [0.15, 0.2) is 17.5 Å². The van der Waals surface area contributed by atoms with Crippen LogP contribution in [0, 0.1) is 0 Å². The normalized spacial score (nSPS) is 11.2. The Morgan fingerprint density at radius 1 is 0.214 bits per heavy atom. The van der Waals surface area contributed by atoms with Crippen molar-refractivity contribution in [2.75, 3.05) is 0 Å². The summed E-state index contributed by atoms with van der Waals surface area (Å²) >= 11 is 0. The second kappa shape index (κ2) is 14.4. The Balaban J connectivity index is 1.08. The topological polar surface area (TPSA) is 38.7 Å². The molecule has 0 amide bonds. The minimum atomic E-state index is 0.626. The predicted molar refractivity (Wildman–Crippen MR) is 233 cm³/mol. The second-order valence-electron chi connectivity index (χ2n) is 14.1. The molecule has 0 saturated carbocycles. The molecule has 0 N–H and O–H groups in total. The van der Waals surface area contributed by atoms with Crippen LogP contribution < -0.4 is 0 Å². The van der Waals surface area contributed by atoms with E-state index in [4.69, 9.17) is 15.0 Å². The Kier molecular flexibility index (Phi) is 8.51. The first-order valence-corrected chi connectivity index (χ1v) is 18.9. The molecular formula is C53H35N3. The van der Waals surface area contributed by atoms with Gasteiger partial charge in [-0.05, 0) is 96.4 Å². The van der Waals surface area contributed by atoms with Crippen LogP contribution in [0.1, 0.15) is 0 Å². The van der Waals surface area contributed by atoms with Gasteiger partial charge in [-0.1, -0.05) is 182 Å². The Morgan fingerprint density at radius 2 is 0.589 bits per heavy atom. The first-order valence-electron chi connectivity index (χ1n) is 18.9. The molecule has 3 heteroatoms. The van der Waals surface area contributed by atoms with Gasteiger partial charge in [-0.2, -0.15) is 0 Å². The van der Waals surface area contributed by atoms with Crippen LogP contribution in [0.25, 0.3) is 100 Å². The molecule has 0 spiro atoms. The Hall–Kier alpha value is -7.49. The molecule has 10 rings (SSSR count). The Morgan fingerprint density at radius 3 is 1.16 bits per heavy atom. The smallest absolute Gasteiger partial charge is 0.164 e. The van der Waals surface area contributed by atoms with E-state index in [1.807, 2.05) is 6.07 Å². The van der Waals surface area contributed by atoms with E-state index in [-0.39, 0.29) is 0 Å². The van der Waals surface area contributed by atoms with Crippen molar-refractivity contribution < 1.29 is 0 Å². The average molecular weight is 714 g/mol. The highest BCUT2D eigenvalue weighted by Crippen LogP contribution is 2.34. The number of hydrogen-bond acceptors (Lipinski definition) is 3. The fourth-order valence-corrected chi connectivity index (χ4v) is 7.61. The van der Waals surface area contributed by atoms with Gasteiger partial charge in [0.25, 0.3) is 0 Å². The third-order valence-corrected chi connectivity index (χ3v) is 10.5. The van der Waals surface area contributed by atoms with Crippen LogP contribution >= 0.6 is 0 Å². The lowest BCUT2D eigenvalue weighted by Gasteiger charge is -2.12. The molecule has 0 fully saturated rings. The van der Waals surface area contributed by atoms with Crippen LogP contribution in [-0.4, -0.2) is 15.0 Å². The lowest BCUT2D eigenvalue weighted by Crippen LogP contribution is -2.00. The molecule has 3 nitrogen and oxygen atoms in total. The van der Waals surface area contributed by atoms with E-state index >= 15 is 0 Å². The van der Waals surface area contributed by atoms with Gasteiger partial charge in [-0.3, -0.25) is 0 Å². The summed E-state index contributed by atoms with van der Waals surface area (Å²) in [5.41, 5.74) is 12.0. The van der Waals surface area contributed by atoms with Gasteiger partial charge >= 0.3 is 0 Å². The third kappa shape index (κ3) is 6.52. The molecule has 0 unspecified atom stereocenters. The number of fused-ring (bicyclic) bond motifs is 2. The minimum absolute atomic E-state index is 0.626. The van der Waals surface area contributed by atoms with Crippen molar-refractivity contribution in [2.24, 2.45) is 0 Å². The molecule has 0 aliphatic carbocycles. The molecule has 0 saturated heterocycles. The van der Waals surface area contributed by atoms with Crippen molar-refractivity contribution in [3.8, 4) is 78.7 Å². The van der Waals surface area contributed by atoms with Crippen molar-refractivity contribution in [3.63, 3.8) is 0 Å². The summed E-state index contributed by atoms with van der Waals surface area (Å²) in [7, 11) is 0. The van der Waals surface area contributed by atoms with E-state index < -0.39 is 0 Å². The summed E-state index contributed by atoms with van der Waals surface area (Å²) in [5.74, 6) is 1.88. The summed E-state index contributed by atoms with van der Waals surface area (Å²) in [6.07, 6.45) is 0. The van der Waals surface area contributed by atoms with Crippen molar-refractivity contribution >= 4 is 21.5 Å². The Bertz CT molecular complexity index is 3020. The highest BCUT2D eigenvalue weighted by Gasteiger charge is 2.15. The quantitative estimate of drug-likeness (QED) is 0.165. The zero-order valence-electron chi connectivity index (χ0n) is 30.5. The SMILES string of the molecule is c1ccc(-c2cccc(-c3nc(-c4cccc(-c5ccc6cc(-c7ccccc7)ccc6c5)c4)nc(-c4cccc(-c5cccc6ccccc56)c4)n3)c2)cc1. The van der Waals surface area contributed by atoms with Crippen molar-refractivity contribution in [1.29, 1.82) is 0 Å². The largest absolute Gasteiger partial charge is 0.208 e. The lowest BCUT2D eigenvalue weighted by molar-refractivity contribution is 1.07. The molecule has 1 aromatic heterocycles. The third-order valence-electron chi connectivity index (χ3n) is 10.5. The molecule has 0 atom stereocenters. The van der Waals surface area contributed by atoms with Crippen LogP contribution in [0.5, 0.6) is 0 Å². The number of aromatic nitrogens is 3. The number of rotatable bonds is 7. The first-order chi connectivity index (χ1) is 27.7. The first kappa shape index (κ1) is 33.1. The molecule has 0 bridgehead atoms. The van der Waals surface area contributed by atoms with E-state index in [0.29, 0.717) is 17.5 Å². The number of nitrogens with zero attached hydrogens (tertiary/aromatic N) is 3.